The number of alkyl halides is 1. The van der Waals surface area contributed by atoms with Gasteiger partial charge in [0, 0.05) is 10.1 Å². The summed E-state index contributed by atoms with van der Waals surface area (Å²) in [5, 5.41) is 5.76. The second-order valence-corrected chi connectivity index (χ2v) is 6.80. The molecule has 5 heteroatoms. The average Bonchev–Trinajstić information content (AvgIpc) is 2.94. The molecule has 1 N–H and O–H groups in total. The van der Waals surface area contributed by atoms with Crippen LogP contribution in [0.15, 0.2) is 40.4 Å². The molecule has 0 bridgehead atoms. The molecular weight excluding hydrogens is 310 g/mol. The van der Waals surface area contributed by atoms with Gasteiger partial charge in [-0.2, -0.15) is 5.10 Å². The summed E-state index contributed by atoms with van der Waals surface area (Å²) in [7, 11) is 0. The van der Waals surface area contributed by atoms with Crippen molar-refractivity contribution in [2.45, 2.75) is 29.0 Å². The van der Waals surface area contributed by atoms with Gasteiger partial charge >= 0.3 is 0 Å². The predicted octanol–water partition coefficient (Wildman–Crippen LogP) is 3.01. The van der Waals surface area contributed by atoms with Crippen molar-refractivity contribution < 1.29 is 0 Å². The Kier molecular flexibility index (Phi) is 3.70. The average molecular weight is 324 g/mol. The Labute approximate surface area is 119 Å². The Morgan fingerprint density at radius 1 is 1.33 bits per heavy atom. The van der Waals surface area contributed by atoms with Gasteiger partial charge in [-0.15, -0.1) is 0 Å². The van der Waals surface area contributed by atoms with Crippen molar-refractivity contribution in [3.05, 3.63) is 35.9 Å². The number of hydrazone groups is 1. The lowest BCUT2D eigenvalue weighted by atomic mass is 10.2. The molecule has 0 saturated heterocycles. The summed E-state index contributed by atoms with van der Waals surface area (Å²) in [5.41, 5.74) is 4.13. The Balaban J connectivity index is 1.57. The number of nitrogens with one attached hydrogen (secondary N) is 1. The molecule has 94 valence electrons. The van der Waals surface area contributed by atoms with E-state index in [0.29, 0.717) is 16.1 Å². The Morgan fingerprint density at radius 2 is 2.17 bits per heavy atom. The van der Waals surface area contributed by atoms with Crippen molar-refractivity contribution in [3.8, 4) is 0 Å². The number of rotatable bonds is 2. The number of fused-ring (bicyclic) bond motifs is 1. The van der Waals surface area contributed by atoms with Crippen LogP contribution in [0.4, 0.5) is 0 Å². The maximum absolute atomic E-state index is 4.66. The van der Waals surface area contributed by atoms with Crippen LogP contribution >= 0.6 is 27.7 Å². The van der Waals surface area contributed by atoms with Crippen LogP contribution in [0, 0.1) is 0 Å². The van der Waals surface area contributed by atoms with E-state index in [2.05, 4.69) is 31.4 Å². The summed E-state index contributed by atoms with van der Waals surface area (Å²) in [6, 6.07) is 10.5. The topological polar surface area (TPSA) is 36.8 Å². The van der Waals surface area contributed by atoms with E-state index < -0.39 is 0 Å². The number of halogens is 1. The molecule has 0 spiro atoms. The highest BCUT2D eigenvalue weighted by Gasteiger charge is 2.40. The van der Waals surface area contributed by atoms with E-state index in [1.165, 1.54) is 12.8 Å². The van der Waals surface area contributed by atoms with E-state index in [1.54, 1.807) is 11.8 Å². The number of amidine groups is 1. The fourth-order valence-corrected chi connectivity index (χ4v) is 4.39. The monoisotopic (exact) mass is 323 g/mol. The van der Waals surface area contributed by atoms with Gasteiger partial charge < -0.3 is 0 Å². The summed E-state index contributed by atoms with van der Waals surface area (Å²) in [4.78, 5) is 5.25. The van der Waals surface area contributed by atoms with Crippen LogP contribution in [0.2, 0.25) is 0 Å². The van der Waals surface area contributed by atoms with Gasteiger partial charge in [-0.1, -0.05) is 58.0 Å². The Hall–Kier alpha value is -0.810. The SMILES string of the molecule is Br[C@@H]1CC[C@@H]2N=C(N/N=C\c3ccccc3)S[C@@H]12. The van der Waals surface area contributed by atoms with E-state index >= 15 is 0 Å². The molecule has 1 aliphatic carbocycles. The molecule has 1 aromatic carbocycles. The van der Waals surface area contributed by atoms with Gasteiger partial charge in [0.2, 0.25) is 0 Å². The van der Waals surface area contributed by atoms with Crippen molar-refractivity contribution in [2.75, 3.05) is 0 Å². The molecule has 1 fully saturated rings. The van der Waals surface area contributed by atoms with Crippen LogP contribution in [-0.4, -0.2) is 27.5 Å². The van der Waals surface area contributed by atoms with Crippen molar-refractivity contribution >= 4 is 39.1 Å². The highest BCUT2D eigenvalue weighted by atomic mass is 79.9. The Morgan fingerprint density at radius 3 is 2.94 bits per heavy atom. The first kappa shape index (κ1) is 12.2. The van der Waals surface area contributed by atoms with Gasteiger partial charge in [-0.25, -0.2) is 0 Å². The van der Waals surface area contributed by atoms with Gasteiger partial charge in [-0.05, 0) is 18.4 Å². The normalized spacial score (nSPS) is 30.5. The first-order chi connectivity index (χ1) is 8.83. The zero-order valence-electron chi connectivity index (χ0n) is 9.79. The van der Waals surface area contributed by atoms with Crippen molar-refractivity contribution in [1.29, 1.82) is 0 Å². The summed E-state index contributed by atoms with van der Waals surface area (Å²) in [6.45, 7) is 0. The van der Waals surface area contributed by atoms with E-state index in [1.807, 2.05) is 36.5 Å². The van der Waals surface area contributed by atoms with Crippen molar-refractivity contribution in [2.24, 2.45) is 10.1 Å². The van der Waals surface area contributed by atoms with Crippen LogP contribution in [0.5, 0.6) is 0 Å². The summed E-state index contributed by atoms with van der Waals surface area (Å²) in [6.07, 6.45) is 4.23. The molecule has 3 rings (SSSR count). The van der Waals surface area contributed by atoms with Crippen LogP contribution in [0.25, 0.3) is 0 Å². The van der Waals surface area contributed by atoms with Gasteiger partial charge in [0.1, 0.15) is 0 Å². The van der Waals surface area contributed by atoms with Crippen molar-refractivity contribution in [1.82, 2.24) is 5.43 Å². The second kappa shape index (κ2) is 5.45. The van der Waals surface area contributed by atoms with E-state index in [4.69, 9.17) is 0 Å². The number of hydrogen-bond donors (Lipinski definition) is 1. The highest BCUT2D eigenvalue weighted by Crippen LogP contribution is 2.41. The molecular formula is C13H14BrN3S. The summed E-state index contributed by atoms with van der Waals surface area (Å²) in [5.74, 6) is 0. The third kappa shape index (κ3) is 2.62. The summed E-state index contributed by atoms with van der Waals surface area (Å²) < 4.78 is 0. The lowest BCUT2D eigenvalue weighted by molar-refractivity contribution is 0.729. The molecule has 0 radical (unpaired) electrons. The largest absolute Gasteiger partial charge is 0.257 e. The zero-order chi connectivity index (χ0) is 12.4. The smallest absolute Gasteiger partial charge is 0.177 e. The molecule has 3 atom stereocenters. The number of benzene rings is 1. The molecule has 18 heavy (non-hydrogen) atoms. The minimum Gasteiger partial charge on any atom is -0.257 e. The van der Waals surface area contributed by atoms with E-state index in [0.717, 1.165) is 10.7 Å². The maximum atomic E-state index is 4.66. The maximum Gasteiger partial charge on any atom is 0.177 e. The van der Waals surface area contributed by atoms with Crippen LogP contribution in [0.1, 0.15) is 18.4 Å². The van der Waals surface area contributed by atoms with Gasteiger partial charge in [-0.3, -0.25) is 10.4 Å². The van der Waals surface area contributed by atoms with Gasteiger partial charge in [0.15, 0.2) is 5.17 Å². The molecule has 1 heterocycles. The van der Waals surface area contributed by atoms with Crippen molar-refractivity contribution in [3.63, 3.8) is 0 Å². The van der Waals surface area contributed by atoms with Gasteiger partial charge in [0.05, 0.1) is 12.3 Å². The number of nitrogens with zero attached hydrogens (tertiary/aromatic N) is 2. The lowest BCUT2D eigenvalue weighted by Crippen LogP contribution is -2.17. The zero-order valence-corrected chi connectivity index (χ0v) is 12.2. The first-order valence-corrected chi connectivity index (χ1v) is 7.85. The third-order valence-electron chi connectivity index (χ3n) is 3.18. The van der Waals surface area contributed by atoms with E-state index in [-0.39, 0.29) is 0 Å². The first-order valence-electron chi connectivity index (χ1n) is 6.05. The quantitative estimate of drug-likeness (QED) is 0.516. The lowest BCUT2D eigenvalue weighted by Gasteiger charge is -2.09. The second-order valence-electron chi connectivity index (χ2n) is 4.46. The fourth-order valence-electron chi connectivity index (χ4n) is 2.26. The molecule has 1 aliphatic heterocycles. The molecule has 0 amide bonds. The minimum absolute atomic E-state index is 0.466. The number of hydrogen-bond acceptors (Lipinski definition) is 4. The highest BCUT2D eigenvalue weighted by molar-refractivity contribution is 9.09. The van der Waals surface area contributed by atoms with Gasteiger partial charge in [0.25, 0.3) is 0 Å². The molecule has 0 unspecified atom stereocenters. The van der Waals surface area contributed by atoms with Crippen LogP contribution in [-0.2, 0) is 0 Å². The predicted molar refractivity (Wildman–Crippen MR) is 81.7 cm³/mol. The molecule has 1 aromatic rings. The summed E-state index contributed by atoms with van der Waals surface area (Å²) >= 11 is 5.52. The number of thioether (sulfide) groups is 1. The molecule has 2 aliphatic rings. The van der Waals surface area contributed by atoms with Crippen LogP contribution in [0.3, 0.4) is 0 Å². The van der Waals surface area contributed by atoms with E-state index in [9.17, 15) is 0 Å². The fraction of sp³-hybridized carbons (Fsp3) is 0.385. The minimum atomic E-state index is 0.466. The molecule has 1 saturated carbocycles. The number of aliphatic imine (C=N–C) groups is 1. The molecule has 3 nitrogen and oxygen atoms in total. The molecule has 0 aromatic heterocycles. The van der Waals surface area contributed by atoms with Crippen LogP contribution < -0.4 is 5.43 Å². The Bertz CT molecular complexity index is 474. The standard InChI is InChI=1S/C13H14BrN3S/c14-10-6-7-11-12(10)18-13(16-11)17-15-8-9-4-2-1-3-5-9/h1-5,8,10-12H,6-7H2,(H,16,17)/b15-8-/t10-,11+,12+/m1/s1. The third-order valence-corrected chi connectivity index (χ3v) is 5.89.